The first kappa shape index (κ1) is 10.0. The number of halogens is 2. The Labute approximate surface area is 84.6 Å². The molecule has 0 saturated heterocycles. The number of carbonyl (C=O) groups excluding carboxylic acids is 2. The Morgan fingerprint density at radius 3 is 2.31 bits per heavy atom. The molecule has 3 nitrogen and oxygen atoms in total. The van der Waals surface area contributed by atoms with Gasteiger partial charge < -0.3 is 5.32 Å². The summed E-state index contributed by atoms with van der Waals surface area (Å²) in [7, 11) is 0. The van der Waals surface area contributed by atoms with E-state index in [1.165, 1.54) is 0 Å². The first-order valence-electron chi connectivity index (χ1n) is 3.35. The minimum atomic E-state index is -0.782. The van der Waals surface area contributed by atoms with Crippen LogP contribution in [0.25, 0.3) is 0 Å². The molecular weight excluding hydrogens is 213 g/mol. The Morgan fingerprint density at radius 2 is 1.85 bits per heavy atom. The molecule has 0 unspecified atom stereocenters. The van der Waals surface area contributed by atoms with Crippen LogP contribution < -0.4 is 5.32 Å². The van der Waals surface area contributed by atoms with Crippen LogP contribution in [0.1, 0.15) is 0 Å². The zero-order valence-electron chi connectivity index (χ0n) is 6.38. The number of anilines is 1. The average molecular weight is 218 g/mol. The van der Waals surface area contributed by atoms with E-state index in [0.29, 0.717) is 10.0 Å². The molecule has 0 aliphatic heterocycles. The zero-order chi connectivity index (χ0) is 9.84. The third kappa shape index (κ3) is 2.44. The molecule has 13 heavy (non-hydrogen) atoms. The Hall–Kier alpha value is -1.06. The van der Waals surface area contributed by atoms with Crippen molar-refractivity contribution in [1.29, 1.82) is 0 Å². The van der Waals surface area contributed by atoms with E-state index in [-0.39, 0.29) is 12.0 Å². The van der Waals surface area contributed by atoms with Gasteiger partial charge in [0.1, 0.15) is 0 Å². The Balaban J connectivity index is 2.99. The third-order valence-electron chi connectivity index (χ3n) is 1.32. The fourth-order valence-electron chi connectivity index (χ4n) is 0.770. The molecule has 0 atom stereocenters. The maximum Gasteiger partial charge on any atom is 0.288 e. The van der Waals surface area contributed by atoms with E-state index >= 15 is 0 Å². The lowest BCUT2D eigenvalue weighted by molar-refractivity contribution is -0.127. The zero-order valence-corrected chi connectivity index (χ0v) is 7.89. The number of benzene rings is 1. The number of amides is 1. The topological polar surface area (TPSA) is 46.2 Å². The van der Waals surface area contributed by atoms with Gasteiger partial charge in [0.25, 0.3) is 5.91 Å². The summed E-state index contributed by atoms with van der Waals surface area (Å²) in [5.41, 5.74) is 0.253. The highest BCUT2D eigenvalue weighted by atomic mass is 35.5. The number of carbonyl (C=O) groups is 2. The summed E-state index contributed by atoms with van der Waals surface area (Å²) in [6, 6.07) is 4.77. The second-order valence-electron chi connectivity index (χ2n) is 2.20. The van der Waals surface area contributed by atoms with Crippen molar-refractivity contribution in [1.82, 2.24) is 0 Å². The molecule has 68 valence electrons. The van der Waals surface area contributed by atoms with Crippen molar-refractivity contribution in [2.24, 2.45) is 0 Å². The molecule has 1 N–H and O–H groups in total. The van der Waals surface area contributed by atoms with Crippen molar-refractivity contribution < 1.29 is 9.59 Å². The molecule has 0 bridgehead atoms. The molecule has 0 saturated carbocycles. The number of rotatable bonds is 2. The molecule has 0 radical (unpaired) electrons. The maximum atomic E-state index is 10.7. The molecule has 0 fully saturated rings. The van der Waals surface area contributed by atoms with E-state index < -0.39 is 5.91 Å². The van der Waals surface area contributed by atoms with Gasteiger partial charge in [-0.15, -0.1) is 0 Å². The molecule has 0 heterocycles. The Kier molecular flexibility index (Phi) is 3.28. The number of nitrogens with one attached hydrogen (secondary N) is 1. The molecule has 0 aromatic heterocycles. The lowest BCUT2D eigenvalue weighted by Crippen LogP contribution is -2.12. The fraction of sp³-hybridized carbons (Fsp3) is 0. The van der Waals surface area contributed by atoms with Gasteiger partial charge in [-0.1, -0.05) is 29.3 Å². The second-order valence-corrected chi connectivity index (χ2v) is 3.02. The van der Waals surface area contributed by atoms with Crippen LogP contribution >= 0.6 is 23.2 Å². The second kappa shape index (κ2) is 4.25. The predicted molar refractivity (Wildman–Crippen MR) is 51.2 cm³/mol. The molecule has 1 amide bonds. The van der Waals surface area contributed by atoms with Crippen molar-refractivity contribution in [2.45, 2.75) is 0 Å². The number of para-hydroxylation sites is 1. The van der Waals surface area contributed by atoms with Gasteiger partial charge in [0, 0.05) is 0 Å². The highest BCUT2D eigenvalue weighted by Gasteiger charge is 2.07. The lowest BCUT2D eigenvalue weighted by Gasteiger charge is -2.05. The van der Waals surface area contributed by atoms with Crippen LogP contribution in [0.4, 0.5) is 5.69 Å². The van der Waals surface area contributed by atoms with Gasteiger partial charge in [-0.05, 0) is 12.1 Å². The fourth-order valence-corrected chi connectivity index (χ4v) is 1.26. The van der Waals surface area contributed by atoms with Crippen LogP contribution in [0.3, 0.4) is 0 Å². The number of hydrogen-bond acceptors (Lipinski definition) is 2. The number of hydrogen-bond donors (Lipinski definition) is 1. The molecule has 0 aliphatic rings. The van der Waals surface area contributed by atoms with E-state index in [9.17, 15) is 9.59 Å². The molecule has 1 aromatic carbocycles. The quantitative estimate of drug-likeness (QED) is 0.610. The van der Waals surface area contributed by atoms with E-state index in [0.717, 1.165) is 0 Å². The van der Waals surface area contributed by atoms with Gasteiger partial charge in [0.15, 0.2) is 0 Å². The van der Waals surface area contributed by atoms with Crippen molar-refractivity contribution in [3.63, 3.8) is 0 Å². The maximum absolute atomic E-state index is 10.7. The Bertz CT molecular complexity index is 332. The molecular formula is C8H5Cl2NO2. The van der Waals surface area contributed by atoms with Gasteiger partial charge >= 0.3 is 0 Å². The molecule has 1 rings (SSSR count). The normalized spacial score (nSPS) is 9.38. The van der Waals surface area contributed by atoms with Crippen LogP contribution in [0.2, 0.25) is 10.0 Å². The summed E-state index contributed by atoms with van der Waals surface area (Å²) in [5, 5.41) is 2.85. The first-order valence-corrected chi connectivity index (χ1v) is 4.11. The summed E-state index contributed by atoms with van der Waals surface area (Å²) in [4.78, 5) is 20.7. The van der Waals surface area contributed by atoms with E-state index in [4.69, 9.17) is 23.2 Å². The van der Waals surface area contributed by atoms with E-state index in [1.807, 2.05) is 0 Å². The van der Waals surface area contributed by atoms with E-state index in [2.05, 4.69) is 5.32 Å². The summed E-state index contributed by atoms with van der Waals surface area (Å²) in [6.45, 7) is 0. The minimum absolute atomic E-state index is 0.152. The third-order valence-corrected chi connectivity index (χ3v) is 1.95. The van der Waals surface area contributed by atoms with Crippen molar-refractivity contribution in [3.05, 3.63) is 28.2 Å². The Morgan fingerprint density at radius 1 is 1.31 bits per heavy atom. The van der Waals surface area contributed by atoms with Crippen LogP contribution in [0.15, 0.2) is 18.2 Å². The highest BCUT2D eigenvalue weighted by Crippen LogP contribution is 2.29. The van der Waals surface area contributed by atoms with Crippen molar-refractivity contribution in [2.75, 3.05) is 5.32 Å². The number of aldehydes is 1. The molecule has 1 aromatic rings. The molecule has 0 spiro atoms. The van der Waals surface area contributed by atoms with Crippen LogP contribution in [0.5, 0.6) is 0 Å². The van der Waals surface area contributed by atoms with Gasteiger partial charge in [-0.3, -0.25) is 9.59 Å². The van der Waals surface area contributed by atoms with Crippen molar-refractivity contribution >= 4 is 41.1 Å². The van der Waals surface area contributed by atoms with Gasteiger partial charge in [0.2, 0.25) is 6.29 Å². The smallest absolute Gasteiger partial charge is 0.288 e. The van der Waals surface area contributed by atoms with Gasteiger partial charge in [0.05, 0.1) is 15.7 Å². The standard InChI is InChI=1S/C8H5Cl2NO2/c9-5-2-1-3-6(10)8(5)11-7(13)4-12/h1-4H,(H,11,13). The van der Waals surface area contributed by atoms with Crippen LogP contribution in [0, 0.1) is 0 Å². The predicted octanol–water partition coefficient (Wildman–Crippen LogP) is 2.13. The van der Waals surface area contributed by atoms with Gasteiger partial charge in [-0.2, -0.15) is 0 Å². The summed E-state index contributed by atoms with van der Waals surface area (Å²) in [5.74, 6) is -0.782. The van der Waals surface area contributed by atoms with Crippen molar-refractivity contribution in [3.8, 4) is 0 Å². The van der Waals surface area contributed by atoms with Crippen LogP contribution in [-0.2, 0) is 9.59 Å². The van der Waals surface area contributed by atoms with Gasteiger partial charge in [-0.25, -0.2) is 0 Å². The van der Waals surface area contributed by atoms with E-state index in [1.54, 1.807) is 18.2 Å². The first-order chi connectivity index (χ1) is 6.15. The summed E-state index contributed by atoms with van der Waals surface area (Å²) < 4.78 is 0. The SMILES string of the molecule is O=CC(=O)Nc1c(Cl)cccc1Cl. The van der Waals surface area contributed by atoms with Crippen LogP contribution in [-0.4, -0.2) is 12.2 Å². The summed E-state index contributed by atoms with van der Waals surface area (Å²) >= 11 is 11.4. The molecule has 0 aliphatic carbocycles. The average Bonchev–Trinajstić information content (AvgIpc) is 2.11. The molecule has 5 heteroatoms. The highest BCUT2D eigenvalue weighted by molar-refractivity contribution is 6.41. The summed E-state index contributed by atoms with van der Waals surface area (Å²) in [6.07, 6.45) is 0.152. The monoisotopic (exact) mass is 217 g/mol. The largest absolute Gasteiger partial charge is 0.317 e. The minimum Gasteiger partial charge on any atom is -0.317 e. The lowest BCUT2D eigenvalue weighted by atomic mass is 10.3.